The van der Waals surface area contributed by atoms with E-state index in [1.165, 1.54) is 0 Å². The van der Waals surface area contributed by atoms with Crippen LogP contribution in [0.2, 0.25) is 0 Å². The van der Waals surface area contributed by atoms with Gasteiger partial charge in [-0.2, -0.15) is 0 Å². The van der Waals surface area contributed by atoms with E-state index < -0.39 is 28.8 Å². The summed E-state index contributed by atoms with van der Waals surface area (Å²) in [5.74, 6) is 0. The Bertz CT molecular complexity index is 306. The fourth-order valence-electron chi connectivity index (χ4n) is 2.06. The van der Waals surface area contributed by atoms with Gasteiger partial charge in [-0.15, -0.1) is 22.7 Å². The lowest BCUT2D eigenvalue weighted by atomic mass is 10.1. The van der Waals surface area contributed by atoms with Crippen LogP contribution in [0.15, 0.2) is 0 Å². The van der Waals surface area contributed by atoms with E-state index >= 15 is 0 Å². The summed E-state index contributed by atoms with van der Waals surface area (Å²) in [6.07, 6.45) is 1.91. The number of unbranched alkanes of at least 4 members (excludes halogenated alkanes) is 2. The molecule has 4 unspecified atom stereocenters. The summed E-state index contributed by atoms with van der Waals surface area (Å²) in [6, 6.07) is 0. The van der Waals surface area contributed by atoms with Crippen LogP contribution in [0.1, 0.15) is 39.5 Å². The van der Waals surface area contributed by atoms with E-state index in [1.807, 2.05) is 6.92 Å². The van der Waals surface area contributed by atoms with Crippen molar-refractivity contribution < 1.29 is 24.1 Å². The standard InChI is InChI=1S/C13H25NO6S/c1-3-5-7-17-9-10-11(20-14(15)16)12(13(21)19-10)18-8-6-4-2/h10-13,21H,3-9H2,1-2H3. The van der Waals surface area contributed by atoms with Crippen LogP contribution in [0, 0.1) is 10.1 Å². The van der Waals surface area contributed by atoms with Crippen molar-refractivity contribution in [3.63, 3.8) is 0 Å². The second-order valence-corrected chi connectivity index (χ2v) is 5.49. The van der Waals surface area contributed by atoms with Crippen molar-refractivity contribution in [1.29, 1.82) is 0 Å². The van der Waals surface area contributed by atoms with E-state index in [2.05, 4.69) is 19.6 Å². The van der Waals surface area contributed by atoms with Gasteiger partial charge in [0.25, 0.3) is 5.09 Å². The highest BCUT2D eigenvalue weighted by Gasteiger charge is 2.46. The van der Waals surface area contributed by atoms with Crippen molar-refractivity contribution >= 4 is 12.6 Å². The normalized spacial score (nSPS) is 28.7. The van der Waals surface area contributed by atoms with Gasteiger partial charge in [-0.05, 0) is 12.8 Å². The number of hydrogen-bond donors (Lipinski definition) is 1. The Balaban J connectivity index is 2.53. The molecule has 0 bridgehead atoms. The van der Waals surface area contributed by atoms with Gasteiger partial charge in [0, 0.05) is 13.2 Å². The molecule has 0 aliphatic carbocycles. The smallest absolute Gasteiger partial charge is 0.294 e. The molecule has 0 radical (unpaired) electrons. The number of nitrogens with zero attached hydrogens (tertiary/aromatic N) is 1. The van der Waals surface area contributed by atoms with Gasteiger partial charge in [-0.1, -0.05) is 26.7 Å². The first-order chi connectivity index (χ1) is 10.1. The van der Waals surface area contributed by atoms with E-state index in [0.29, 0.717) is 13.2 Å². The average Bonchev–Trinajstić information content (AvgIpc) is 2.71. The lowest BCUT2D eigenvalue weighted by molar-refractivity contribution is -0.771. The molecule has 1 aliphatic heterocycles. The van der Waals surface area contributed by atoms with E-state index in [-0.39, 0.29) is 6.61 Å². The SMILES string of the molecule is CCCCOCC1OC(S)C(OCCCC)C1O[N+](=O)[O-]. The van der Waals surface area contributed by atoms with Gasteiger partial charge in [-0.3, -0.25) is 0 Å². The third kappa shape index (κ3) is 6.37. The summed E-state index contributed by atoms with van der Waals surface area (Å²) >= 11 is 4.29. The molecule has 21 heavy (non-hydrogen) atoms. The van der Waals surface area contributed by atoms with Crippen LogP contribution in [0.25, 0.3) is 0 Å². The van der Waals surface area contributed by atoms with E-state index in [9.17, 15) is 10.1 Å². The molecule has 1 saturated heterocycles. The highest BCUT2D eigenvalue weighted by molar-refractivity contribution is 7.80. The Hall–Kier alpha value is -0.570. The number of rotatable bonds is 11. The van der Waals surface area contributed by atoms with E-state index in [4.69, 9.17) is 19.0 Å². The minimum atomic E-state index is -0.810. The molecule has 1 fully saturated rings. The Labute approximate surface area is 130 Å². The lowest BCUT2D eigenvalue weighted by Gasteiger charge is -2.21. The maximum Gasteiger partial charge on any atom is 0.294 e. The zero-order valence-electron chi connectivity index (χ0n) is 12.6. The molecule has 8 heteroatoms. The number of thiol groups is 1. The van der Waals surface area contributed by atoms with Gasteiger partial charge in [0.05, 0.1) is 6.61 Å². The Morgan fingerprint density at radius 2 is 1.86 bits per heavy atom. The van der Waals surface area contributed by atoms with Crippen LogP contribution in [0.5, 0.6) is 0 Å². The summed E-state index contributed by atoms with van der Waals surface area (Å²) in [6.45, 7) is 5.45. The van der Waals surface area contributed by atoms with Gasteiger partial charge >= 0.3 is 0 Å². The number of hydrogen-bond acceptors (Lipinski definition) is 7. The van der Waals surface area contributed by atoms with Crippen LogP contribution in [0.3, 0.4) is 0 Å². The monoisotopic (exact) mass is 323 g/mol. The second-order valence-electron chi connectivity index (χ2n) is 4.98. The first-order valence-corrected chi connectivity index (χ1v) is 7.95. The second kappa shape index (κ2) is 10.2. The minimum Gasteiger partial charge on any atom is -0.379 e. The molecule has 1 rings (SSSR count). The molecular weight excluding hydrogens is 298 g/mol. The van der Waals surface area contributed by atoms with Crippen molar-refractivity contribution in [1.82, 2.24) is 0 Å². The molecule has 7 nitrogen and oxygen atoms in total. The third-order valence-corrected chi connectivity index (χ3v) is 3.64. The zero-order chi connectivity index (χ0) is 15.7. The highest BCUT2D eigenvalue weighted by atomic mass is 32.1. The van der Waals surface area contributed by atoms with Crippen LogP contribution in [-0.4, -0.2) is 48.7 Å². The Kier molecular flexibility index (Phi) is 8.98. The predicted molar refractivity (Wildman–Crippen MR) is 79.9 cm³/mol. The maximum absolute atomic E-state index is 10.7. The first-order valence-electron chi connectivity index (χ1n) is 7.44. The average molecular weight is 323 g/mol. The molecule has 1 heterocycles. The molecule has 4 atom stereocenters. The zero-order valence-corrected chi connectivity index (χ0v) is 13.5. The first kappa shape index (κ1) is 18.5. The van der Waals surface area contributed by atoms with Crippen molar-refractivity contribution in [3.05, 3.63) is 10.1 Å². The van der Waals surface area contributed by atoms with Crippen molar-refractivity contribution in [2.24, 2.45) is 0 Å². The molecule has 0 spiro atoms. The van der Waals surface area contributed by atoms with Gasteiger partial charge in [-0.25, -0.2) is 0 Å². The molecule has 1 aliphatic rings. The van der Waals surface area contributed by atoms with Gasteiger partial charge < -0.3 is 19.0 Å². The van der Waals surface area contributed by atoms with Gasteiger partial charge in [0.15, 0.2) is 6.10 Å². The van der Waals surface area contributed by atoms with Crippen molar-refractivity contribution in [2.75, 3.05) is 19.8 Å². The highest BCUT2D eigenvalue weighted by Crippen LogP contribution is 2.29. The fourth-order valence-corrected chi connectivity index (χ4v) is 2.47. The summed E-state index contributed by atoms with van der Waals surface area (Å²) in [5, 5.41) is 9.86. The van der Waals surface area contributed by atoms with Crippen molar-refractivity contribution in [3.8, 4) is 0 Å². The van der Waals surface area contributed by atoms with Crippen LogP contribution in [0.4, 0.5) is 0 Å². The molecule has 0 aromatic carbocycles. The molecule has 0 amide bonds. The largest absolute Gasteiger partial charge is 0.379 e. The molecule has 0 aromatic heterocycles. The quantitative estimate of drug-likeness (QED) is 0.272. The van der Waals surface area contributed by atoms with Gasteiger partial charge in [0.1, 0.15) is 17.6 Å². The van der Waals surface area contributed by atoms with Crippen molar-refractivity contribution in [2.45, 2.75) is 63.3 Å². The fraction of sp³-hybridized carbons (Fsp3) is 1.00. The molecule has 0 saturated carbocycles. The summed E-state index contributed by atoms with van der Waals surface area (Å²) < 4.78 is 16.7. The molecule has 0 aromatic rings. The summed E-state index contributed by atoms with van der Waals surface area (Å²) in [7, 11) is 0. The third-order valence-electron chi connectivity index (χ3n) is 3.23. The Morgan fingerprint density at radius 3 is 2.48 bits per heavy atom. The summed E-state index contributed by atoms with van der Waals surface area (Å²) in [4.78, 5) is 15.4. The lowest BCUT2D eigenvalue weighted by Crippen LogP contribution is -2.40. The molecule has 0 N–H and O–H groups in total. The molecule has 124 valence electrons. The Morgan fingerprint density at radius 1 is 1.19 bits per heavy atom. The van der Waals surface area contributed by atoms with Crippen LogP contribution < -0.4 is 0 Å². The number of ether oxygens (including phenoxy) is 3. The van der Waals surface area contributed by atoms with Crippen LogP contribution in [-0.2, 0) is 19.0 Å². The maximum atomic E-state index is 10.7. The van der Waals surface area contributed by atoms with Gasteiger partial charge in [0.2, 0.25) is 0 Å². The van der Waals surface area contributed by atoms with Crippen LogP contribution >= 0.6 is 12.6 Å². The topological polar surface area (TPSA) is 80.1 Å². The van der Waals surface area contributed by atoms with E-state index in [0.717, 1.165) is 25.7 Å². The predicted octanol–water partition coefficient (Wildman–Crippen LogP) is 2.22. The summed E-state index contributed by atoms with van der Waals surface area (Å²) in [5.41, 5.74) is -0.549. The minimum absolute atomic E-state index is 0.239. The van der Waals surface area contributed by atoms with E-state index in [1.54, 1.807) is 0 Å². The molecular formula is C13H25NO6S.